The molecule has 0 fully saturated rings. The van der Waals surface area contributed by atoms with Crippen molar-refractivity contribution in [3.63, 3.8) is 0 Å². The van der Waals surface area contributed by atoms with Crippen molar-refractivity contribution < 1.29 is 14.3 Å². The lowest BCUT2D eigenvalue weighted by Gasteiger charge is -2.32. The summed E-state index contributed by atoms with van der Waals surface area (Å²) in [5.41, 5.74) is 3.50. The van der Waals surface area contributed by atoms with Crippen LogP contribution in [0.25, 0.3) is 5.57 Å². The lowest BCUT2D eigenvalue weighted by atomic mass is 9.89. The quantitative estimate of drug-likeness (QED) is 0.647. The van der Waals surface area contributed by atoms with Crippen LogP contribution in [0.3, 0.4) is 0 Å². The third-order valence-corrected chi connectivity index (χ3v) is 3.83. The van der Waals surface area contributed by atoms with Gasteiger partial charge in [-0.15, -0.1) is 0 Å². The summed E-state index contributed by atoms with van der Waals surface area (Å²) < 4.78 is 4.58. The van der Waals surface area contributed by atoms with E-state index in [0.717, 1.165) is 16.8 Å². The van der Waals surface area contributed by atoms with Crippen molar-refractivity contribution >= 4 is 23.1 Å². The normalized spacial score (nSPS) is 15.0. The lowest BCUT2D eigenvalue weighted by molar-refractivity contribution is -0.140. The average molecular weight is 316 g/mol. The Balaban J connectivity index is 2.10. The number of allylic oxidation sites excluding steroid dienone is 1. The Hall–Kier alpha value is -2.30. The van der Waals surface area contributed by atoms with Crippen molar-refractivity contribution in [2.45, 2.75) is 39.2 Å². The molecular weight excluding hydrogens is 292 g/mol. The highest BCUT2D eigenvalue weighted by molar-refractivity contribution is 6.03. The molecule has 0 saturated carbocycles. The van der Waals surface area contributed by atoms with Gasteiger partial charge in [-0.05, 0) is 38.8 Å². The number of fused-ring (bicyclic) bond motifs is 1. The molecule has 5 nitrogen and oxygen atoms in total. The van der Waals surface area contributed by atoms with Crippen LogP contribution < -0.4 is 10.6 Å². The maximum absolute atomic E-state index is 12.5. The first-order valence-corrected chi connectivity index (χ1v) is 7.80. The first-order valence-electron chi connectivity index (χ1n) is 7.80. The summed E-state index contributed by atoms with van der Waals surface area (Å²) >= 11 is 0. The van der Waals surface area contributed by atoms with E-state index < -0.39 is 0 Å². The summed E-state index contributed by atoms with van der Waals surface area (Å²) in [4.78, 5) is 23.5. The maximum Gasteiger partial charge on any atom is 0.305 e. The van der Waals surface area contributed by atoms with Gasteiger partial charge >= 0.3 is 5.97 Å². The van der Waals surface area contributed by atoms with Crippen molar-refractivity contribution in [3.05, 3.63) is 35.4 Å². The van der Waals surface area contributed by atoms with Crippen LogP contribution in [0, 0.1) is 0 Å². The van der Waals surface area contributed by atoms with E-state index in [4.69, 9.17) is 0 Å². The van der Waals surface area contributed by atoms with Crippen LogP contribution in [0.1, 0.15) is 49.5 Å². The van der Waals surface area contributed by atoms with E-state index in [0.29, 0.717) is 24.9 Å². The van der Waals surface area contributed by atoms with Gasteiger partial charge in [-0.2, -0.15) is 0 Å². The molecule has 2 N–H and O–H groups in total. The Morgan fingerprint density at radius 2 is 2.04 bits per heavy atom. The average Bonchev–Trinajstić information content (AvgIpc) is 2.49. The van der Waals surface area contributed by atoms with E-state index in [1.807, 2.05) is 18.2 Å². The smallest absolute Gasteiger partial charge is 0.305 e. The van der Waals surface area contributed by atoms with Gasteiger partial charge in [0.1, 0.15) is 0 Å². The van der Waals surface area contributed by atoms with Gasteiger partial charge in [0.25, 0.3) is 5.91 Å². The zero-order valence-electron chi connectivity index (χ0n) is 14.2. The van der Waals surface area contributed by atoms with Crippen LogP contribution in [-0.4, -0.2) is 31.1 Å². The van der Waals surface area contributed by atoms with Crippen LogP contribution in [0.5, 0.6) is 0 Å². The maximum atomic E-state index is 12.5. The molecule has 0 saturated heterocycles. The lowest BCUT2D eigenvalue weighted by Crippen LogP contribution is -2.34. The van der Waals surface area contributed by atoms with Crippen LogP contribution in [-0.2, 0) is 9.53 Å². The number of hydrogen-bond donors (Lipinski definition) is 2. The number of hydrogen-bond acceptors (Lipinski definition) is 4. The number of methoxy groups -OCH3 is 1. The molecule has 0 radical (unpaired) electrons. The molecule has 1 aromatic rings. The molecule has 1 aromatic carbocycles. The number of rotatable bonds is 5. The number of anilines is 1. The molecule has 23 heavy (non-hydrogen) atoms. The number of para-hydroxylation sites is 1. The second-order valence-electron chi connectivity index (χ2n) is 6.34. The largest absolute Gasteiger partial charge is 0.469 e. The summed E-state index contributed by atoms with van der Waals surface area (Å²) in [6, 6.07) is 5.72. The SMILES string of the molecule is COC(=O)CCCNC(=O)c1cccc2c1NC(C)(C)C=C2C. The molecule has 2 rings (SSSR count). The number of benzene rings is 1. The third kappa shape index (κ3) is 4.12. The minimum atomic E-state index is -0.263. The molecule has 0 aliphatic carbocycles. The van der Waals surface area contributed by atoms with Crippen molar-refractivity contribution in [1.82, 2.24) is 5.32 Å². The van der Waals surface area contributed by atoms with Crippen molar-refractivity contribution in [2.75, 3.05) is 19.0 Å². The van der Waals surface area contributed by atoms with Gasteiger partial charge in [0.2, 0.25) is 0 Å². The second kappa shape index (κ2) is 6.86. The van der Waals surface area contributed by atoms with E-state index in [2.05, 4.69) is 42.2 Å². The van der Waals surface area contributed by atoms with E-state index in [9.17, 15) is 9.59 Å². The number of nitrogens with one attached hydrogen (secondary N) is 2. The highest BCUT2D eigenvalue weighted by Gasteiger charge is 2.26. The molecule has 0 aromatic heterocycles. The standard InChI is InChI=1S/C18H24N2O3/c1-12-11-18(2,3)20-16-13(12)7-5-8-14(16)17(22)19-10-6-9-15(21)23-4/h5,7-8,11,20H,6,9-10H2,1-4H3,(H,19,22). The Labute approximate surface area is 137 Å². The molecule has 1 aliphatic rings. The molecule has 0 spiro atoms. The number of esters is 1. The Morgan fingerprint density at radius 1 is 1.30 bits per heavy atom. The summed E-state index contributed by atoms with van der Waals surface area (Å²) in [5.74, 6) is -0.398. The van der Waals surface area contributed by atoms with Gasteiger partial charge in [0.15, 0.2) is 0 Å². The first-order chi connectivity index (χ1) is 10.8. The van der Waals surface area contributed by atoms with E-state index in [1.54, 1.807) is 0 Å². The van der Waals surface area contributed by atoms with Gasteiger partial charge in [-0.1, -0.05) is 18.2 Å². The fraction of sp³-hybridized carbons (Fsp3) is 0.444. The van der Waals surface area contributed by atoms with Crippen molar-refractivity contribution in [2.24, 2.45) is 0 Å². The molecule has 0 atom stereocenters. The molecular formula is C18H24N2O3. The minimum absolute atomic E-state index is 0.135. The highest BCUT2D eigenvalue weighted by atomic mass is 16.5. The highest BCUT2D eigenvalue weighted by Crippen LogP contribution is 2.35. The van der Waals surface area contributed by atoms with Crippen LogP contribution in [0.15, 0.2) is 24.3 Å². The molecule has 1 aliphatic heterocycles. The Kier molecular flexibility index (Phi) is 5.08. The van der Waals surface area contributed by atoms with E-state index in [-0.39, 0.29) is 17.4 Å². The summed E-state index contributed by atoms with van der Waals surface area (Å²) in [6.45, 7) is 6.64. The molecule has 1 heterocycles. The summed E-state index contributed by atoms with van der Waals surface area (Å²) in [6.07, 6.45) is 3.02. The van der Waals surface area contributed by atoms with Gasteiger partial charge in [-0.3, -0.25) is 9.59 Å². The van der Waals surface area contributed by atoms with Gasteiger partial charge < -0.3 is 15.4 Å². The minimum Gasteiger partial charge on any atom is -0.469 e. The van der Waals surface area contributed by atoms with Gasteiger partial charge in [0, 0.05) is 18.5 Å². The molecule has 124 valence electrons. The monoisotopic (exact) mass is 316 g/mol. The third-order valence-electron chi connectivity index (χ3n) is 3.83. The number of amides is 1. The van der Waals surface area contributed by atoms with Crippen molar-refractivity contribution in [1.29, 1.82) is 0 Å². The summed E-state index contributed by atoms with van der Waals surface area (Å²) in [5, 5.41) is 6.29. The Bertz CT molecular complexity index is 648. The van der Waals surface area contributed by atoms with Crippen molar-refractivity contribution in [3.8, 4) is 0 Å². The van der Waals surface area contributed by atoms with Crippen LogP contribution >= 0.6 is 0 Å². The Morgan fingerprint density at radius 3 is 2.74 bits per heavy atom. The zero-order chi connectivity index (χ0) is 17.0. The number of carbonyl (C=O) groups excluding carboxylic acids is 2. The second-order valence-corrected chi connectivity index (χ2v) is 6.34. The molecule has 0 unspecified atom stereocenters. The topological polar surface area (TPSA) is 67.4 Å². The fourth-order valence-electron chi connectivity index (χ4n) is 2.81. The predicted octanol–water partition coefficient (Wildman–Crippen LogP) is 2.98. The van der Waals surface area contributed by atoms with Crippen LogP contribution in [0.4, 0.5) is 5.69 Å². The van der Waals surface area contributed by atoms with Gasteiger partial charge in [-0.25, -0.2) is 0 Å². The molecule has 5 heteroatoms. The predicted molar refractivity (Wildman–Crippen MR) is 91.4 cm³/mol. The van der Waals surface area contributed by atoms with E-state index in [1.165, 1.54) is 7.11 Å². The number of carbonyl (C=O) groups is 2. The number of ether oxygens (including phenoxy) is 1. The fourth-order valence-corrected chi connectivity index (χ4v) is 2.81. The van der Waals surface area contributed by atoms with E-state index >= 15 is 0 Å². The molecule has 1 amide bonds. The van der Waals surface area contributed by atoms with Gasteiger partial charge in [0.05, 0.1) is 23.9 Å². The zero-order valence-corrected chi connectivity index (χ0v) is 14.2. The first kappa shape index (κ1) is 17.1. The summed E-state index contributed by atoms with van der Waals surface area (Å²) in [7, 11) is 1.36. The van der Waals surface area contributed by atoms with Crippen LogP contribution in [0.2, 0.25) is 0 Å². The molecule has 0 bridgehead atoms.